The summed E-state index contributed by atoms with van der Waals surface area (Å²) in [6.45, 7) is 1.71. The second kappa shape index (κ2) is 3.32. The molecule has 1 aliphatic heterocycles. The number of ether oxygens (including phenoxy) is 1. The molecule has 3 nitrogen and oxygen atoms in total. The van der Waals surface area contributed by atoms with Crippen LogP contribution in [0.3, 0.4) is 0 Å². The lowest BCUT2D eigenvalue weighted by Crippen LogP contribution is -2.44. The Kier molecular flexibility index (Phi) is 2.65. The zero-order valence-corrected chi connectivity index (χ0v) is 6.92. The van der Waals surface area contributed by atoms with E-state index < -0.39 is 0 Å². The molecule has 2 unspecified atom stereocenters. The quantitative estimate of drug-likeness (QED) is 0.567. The molecular weight excluding hydrogens is 128 g/mol. The van der Waals surface area contributed by atoms with Gasteiger partial charge in [-0.2, -0.15) is 0 Å². The molecule has 1 saturated heterocycles. The first-order valence-corrected chi connectivity index (χ1v) is 3.67. The molecule has 0 aromatic carbocycles. The first-order chi connectivity index (χ1) is 4.75. The standard InChI is InChI=1S/C7H16N2O/c1-8-6-4-10-5-7(6)9(2)3/h6-8H,4-5H2,1-3H3. The van der Waals surface area contributed by atoms with Gasteiger partial charge in [0.25, 0.3) is 0 Å². The van der Waals surface area contributed by atoms with Gasteiger partial charge < -0.3 is 15.0 Å². The molecule has 3 heteroatoms. The Hall–Kier alpha value is -0.120. The Morgan fingerprint density at radius 1 is 1.40 bits per heavy atom. The van der Waals surface area contributed by atoms with Gasteiger partial charge in [0.05, 0.1) is 13.2 Å². The summed E-state index contributed by atoms with van der Waals surface area (Å²) in [5.74, 6) is 0. The fourth-order valence-electron chi connectivity index (χ4n) is 1.33. The van der Waals surface area contributed by atoms with Crippen LogP contribution in [0.5, 0.6) is 0 Å². The van der Waals surface area contributed by atoms with Crippen molar-refractivity contribution in [2.24, 2.45) is 0 Å². The molecule has 1 rings (SSSR count). The lowest BCUT2D eigenvalue weighted by atomic mass is 10.1. The maximum Gasteiger partial charge on any atom is 0.0638 e. The summed E-state index contributed by atoms with van der Waals surface area (Å²) in [5, 5.41) is 3.23. The van der Waals surface area contributed by atoms with E-state index in [0.29, 0.717) is 12.1 Å². The third kappa shape index (κ3) is 1.48. The van der Waals surface area contributed by atoms with Crippen LogP contribution in [0.4, 0.5) is 0 Å². The zero-order valence-electron chi connectivity index (χ0n) is 6.92. The third-order valence-electron chi connectivity index (χ3n) is 2.08. The predicted octanol–water partition coefficient (Wildman–Crippen LogP) is -0.465. The number of likely N-dealkylation sites (N-methyl/N-ethyl adjacent to an activating group) is 2. The van der Waals surface area contributed by atoms with Gasteiger partial charge in [0.1, 0.15) is 0 Å². The van der Waals surface area contributed by atoms with Crippen molar-refractivity contribution in [1.29, 1.82) is 0 Å². The van der Waals surface area contributed by atoms with Gasteiger partial charge in [0.15, 0.2) is 0 Å². The average Bonchev–Trinajstić information content (AvgIpc) is 2.33. The minimum atomic E-state index is 0.509. The van der Waals surface area contributed by atoms with Gasteiger partial charge in [-0.15, -0.1) is 0 Å². The second-order valence-corrected chi connectivity index (χ2v) is 2.96. The second-order valence-electron chi connectivity index (χ2n) is 2.96. The number of nitrogens with zero attached hydrogens (tertiary/aromatic N) is 1. The summed E-state index contributed by atoms with van der Waals surface area (Å²) >= 11 is 0. The van der Waals surface area contributed by atoms with E-state index in [-0.39, 0.29) is 0 Å². The largest absolute Gasteiger partial charge is 0.378 e. The van der Waals surface area contributed by atoms with E-state index in [1.165, 1.54) is 0 Å². The minimum Gasteiger partial charge on any atom is -0.378 e. The minimum absolute atomic E-state index is 0.509. The van der Waals surface area contributed by atoms with Crippen LogP contribution in [0.25, 0.3) is 0 Å². The maximum absolute atomic E-state index is 5.32. The van der Waals surface area contributed by atoms with Gasteiger partial charge in [-0.25, -0.2) is 0 Å². The van der Waals surface area contributed by atoms with Crippen molar-refractivity contribution in [3.05, 3.63) is 0 Å². The monoisotopic (exact) mass is 144 g/mol. The molecule has 0 radical (unpaired) electrons. The summed E-state index contributed by atoms with van der Waals surface area (Å²) in [5.41, 5.74) is 0. The molecule has 0 aromatic rings. The Labute approximate surface area is 62.3 Å². The van der Waals surface area contributed by atoms with Crippen LogP contribution in [-0.4, -0.2) is 51.3 Å². The molecule has 1 heterocycles. The van der Waals surface area contributed by atoms with Gasteiger partial charge in [-0.05, 0) is 21.1 Å². The SMILES string of the molecule is CNC1COCC1N(C)C. The van der Waals surface area contributed by atoms with Crippen LogP contribution < -0.4 is 5.32 Å². The molecule has 60 valence electrons. The highest BCUT2D eigenvalue weighted by molar-refractivity contribution is 4.85. The van der Waals surface area contributed by atoms with Crippen LogP contribution in [0.15, 0.2) is 0 Å². The first-order valence-electron chi connectivity index (χ1n) is 3.67. The summed E-state index contributed by atoms with van der Waals surface area (Å²) < 4.78 is 5.32. The van der Waals surface area contributed by atoms with E-state index in [9.17, 15) is 0 Å². The highest BCUT2D eigenvalue weighted by Gasteiger charge is 2.27. The molecule has 0 saturated carbocycles. The smallest absolute Gasteiger partial charge is 0.0638 e. The van der Waals surface area contributed by atoms with E-state index in [0.717, 1.165) is 13.2 Å². The lowest BCUT2D eigenvalue weighted by Gasteiger charge is -2.23. The predicted molar refractivity (Wildman–Crippen MR) is 41.1 cm³/mol. The summed E-state index contributed by atoms with van der Waals surface area (Å²) in [4.78, 5) is 2.20. The maximum atomic E-state index is 5.32. The van der Waals surface area contributed by atoms with Crippen LogP contribution in [-0.2, 0) is 4.74 Å². The van der Waals surface area contributed by atoms with E-state index in [4.69, 9.17) is 4.74 Å². The Bertz CT molecular complexity index is 106. The van der Waals surface area contributed by atoms with Crippen molar-refractivity contribution in [3.63, 3.8) is 0 Å². The number of hydrogen-bond donors (Lipinski definition) is 1. The van der Waals surface area contributed by atoms with Gasteiger partial charge in [-0.3, -0.25) is 0 Å². The van der Waals surface area contributed by atoms with Crippen molar-refractivity contribution < 1.29 is 4.74 Å². The topological polar surface area (TPSA) is 24.5 Å². The summed E-state index contributed by atoms with van der Waals surface area (Å²) in [6, 6.07) is 1.06. The van der Waals surface area contributed by atoms with Crippen molar-refractivity contribution in [3.8, 4) is 0 Å². The fourth-order valence-corrected chi connectivity index (χ4v) is 1.33. The molecule has 1 fully saturated rings. The number of nitrogens with one attached hydrogen (secondary N) is 1. The molecule has 0 spiro atoms. The summed E-state index contributed by atoms with van der Waals surface area (Å²) in [7, 11) is 6.16. The van der Waals surface area contributed by atoms with Crippen molar-refractivity contribution in [2.75, 3.05) is 34.4 Å². The normalized spacial score (nSPS) is 33.6. The highest BCUT2D eigenvalue weighted by Crippen LogP contribution is 2.09. The molecular formula is C7H16N2O. The molecule has 10 heavy (non-hydrogen) atoms. The van der Waals surface area contributed by atoms with Gasteiger partial charge in [-0.1, -0.05) is 0 Å². The van der Waals surface area contributed by atoms with Crippen molar-refractivity contribution in [2.45, 2.75) is 12.1 Å². The molecule has 1 N–H and O–H groups in total. The molecule has 2 atom stereocenters. The molecule has 0 aromatic heterocycles. The average molecular weight is 144 g/mol. The van der Waals surface area contributed by atoms with E-state index in [2.05, 4.69) is 24.3 Å². The Morgan fingerprint density at radius 3 is 2.50 bits per heavy atom. The molecule has 0 bridgehead atoms. The summed E-state index contributed by atoms with van der Waals surface area (Å²) in [6.07, 6.45) is 0. The molecule has 1 aliphatic rings. The number of hydrogen-bond acceptors (Lipinski definition) is 3. The highest BCUT2D eigenvalue weighted by atomic mass is 16.5. The van der Waals surface area contributed by atoms with E-state index in [1.807, 2.05) is 7.05 Å². The van der Waals surface area contributed by atoms with Crippen molar-refractivity contribution >= 4 is 0 Å². The Morgan fingerprint density at radius 2 is 2.10 bits per heavy atom. The third-order valence-corrected chi connectivity index (χ3v) is 2.08. The van der Waals surface area contributed by atoms with Crippen molar-refractivity contribution in [1.82, 2.24) is 10.2 Å². The first kappa shape index (κ1) is 7.98. The van der Waals surface area contributed by atoms with Gasteiger partial charge in [0.2, 0.25) is 0 Å². The van der Waals surface area contributed by atoms with Crippen LogP contribution in [0.2, 0.25) is 0 Å². The molecule has 0 amide bonds. The van der Waals surface area contributed by atoms with Gasteiger partial charge in [0, 0.05) is 12.1 Å². The van der Waals surface area contributed by atoms with Gasteiger partial charge >= 0.3 is 0 Å². The van der Waals surface area contributed by atoms with Crippen LogP contribution >= 0.6 is 0 Å². The van der Waals surface area contributed by atoms with Crippen LogP contribution in [0.1, 0.15) is 0 Å². The van der Waals surface area contributed by atoms with Crippen LogP contribution in [0, 0.1) is 0 Å². The van der Waals surface area contributed by atoms with E-state index >= 15 is 0 Å². The molecule has 0 aliphatic carbocycles. The van der Waals surface area contributed by atoms with E-state index in [1.54, 1.807) is 0 Å². The zero-order chi connectivity index (χ0) is 7.56. The fraction of sp³-hybridized carbons (Fsp3) is 1.00. The number of rotatable bonds is 2. The lowest BCUT2D eigenvalue weighted by molar-refractivity contribution is 0.170. The Balaban J connectivity index is 2.42.